The predicted molar refractivity (Wildman–Crippen MR) is 93.6 cm³/mol. The van der Waals surface area contributed by atoms with E-state index >= 15 is 0 Å². The van der Waals surface area contributed by atoms with Gasteiger partial charge in [0, 0.05) is 18.8 Å². The summed E-state index contributed by atoms with van der Waals surface area (Å²) in [6.07, 6.45) is 1.51. The fourth-order valence-corrected chi connectivity index (χ4v) is 3.70. The molecule has 2 saturated heterocycles. The number of likely N-dealkylation sites (tertiary alicyclic amines) is 1. The van der Waals surface area contributed by atoms with E-state index in [0.717, 1.165) is 12.8 Å². The van der Waals surface area contributed by atoms with Crippen molar-refractivity contribution < 1.29 is 14.4 Å². The third kappa shape index (κ3) is 3.78. The SMILES string of the molecule is Cc1ccccc1C1CCN(C(=O)CC(=N)[C@H]2NC(=O)CC2=O)CC1. The van der Waals surface area contributed by atoms with Gasteiger partial charge in [-0.15, -0.1) is 0 Å². The summed E-state index contributed by atoms with van der Waals surface area (Å²) >= 11 is 0. The van der Waals surface area contributed by atoms with Crippen LogP contribution in [0.4, 0.5) is 0 Å². The van der Waals surface area contributed by atoms with Gasteiger partial charge in [-0.25, -0.2) is 0 Å². The van der Waals surface area contributed by atoms with E-state index in [-0.39, 0.29) is 36.2 Å². The van der Waals surface area contributed by atoms with Gasteiger partial charge in [-0.1, -0.05) is 24.3 Å². The highest BCUT2D eigenvalue weighted by Gasteiger charge is 2.35. The number of nitrogens with one attached hydrogen (secondary N) is 2. The predicted octanol–water partition coefficient (Wildman–Crippen LogP) is 1.57. The van der Waals surface area contributed by atoms with Gasteiger partial charge in [0.2, 0.25) is 11.8 Å². The third-order valence-electron chi connectivity index (χ3n) is 5.13. The quantitative estimate of drug-likeness (QED) is 0.643. The van der Waals surface area contributed by atoms with E-state index in [4.69, 9.17) is 5.41 Å². The largest absolute Gasteiger partial charge is 0.342 e. The number of ketones is 1. The molecular weight excluding hydrogens is 318 g/mol. The molecule has 2 aliphatic rings. The molecule has 6 nitrogen and oxygen atoms in total. The Labute approximate surface area is 147 Å². The maximum Gasteiger partial charge on any atom is 0.228 e. The summed E-state index contributed by atoms with van der Waals surface area (Å²) in [5.41, 5.74) is 2.62. The Balaban J connectivity index is 1.53. The molecule has 1 aromatic carbocycles. The summed E-state index contributed by atoms with van der Waals surface area (Å²) in [6.45, 7) is 3.44. The molecule has 2 aliphatic heterocycles. The van der Waals surface area contributed by atoms with Crippen LogP contribution in [-0.4, -0.2) is 47.3 Å². The number of amides is 2. The van der Waals surface area contributed by atoms with Crippen LogP contribution in [0.1, 0.15) is 42.7 Å². The Bertz CT molecular complexity index is 720. The second-order valence-corrected chi connectivity index (χ2v) is 6.86. The summed E-state index contributed by atoms with van der Waals surface area (Å²) in [5.74, 6) is -0.366. The van der Waals surface area contributed by atoms with Gasteiger partial charge in [0.05, 0.1) is 12.8 Å². The van der Waals surface area contributed by atoms with Gasteiger partial charge in [0.1, 0.15) is 6.04 Å². The molecule has 0 aliphatic carbocycles. The molecule has 2 fully saturated rings. The molecule has 0 aromatic heterocycles. The lowest BCUT2D eigenvalue weighted by atomic mass is 9.87. The highest BCUT2D eigenvalue weighted by Crippen LogP contribution is 2.30. The van der Waals surface area contributed by atoms with Crippen LogP contribution in [0.5, 0.6) is 0 Å². The van der Waals surface area contributed by atoms with Gasteiger partial charge in [0.15, 0.2) is 5.78 Å². The van der Waals surface area contributed by atoms with Crippen molar-refractivity contribution in [3.63, 3.8) is 0 Å². The molecule has 25 heavy (non-hydrogen) atoms. The number of hydrogen-bond donors (Lipinski definition) is 2. The van der Waals surface area contributed by atoms with E-state index in [0.29, 0.717) is 19.0 Å². The monoisotopic (exact) mass is 341 g/mol. The van der Waals surface area contributed by atoms with Crippen molar-refractivity contribution in [3.8, 4) is 0 Å². The second-order valence-electron chi connectivity index (χ2n) is 6.86. The summed E-state index contributed by atoms with van der Waals surface area (Å²) in [5, 5.41) is 10.4. The minimum Gasteiger partial charge on any atom is -0.342 e. The first-order valence-corrected chi connectivity index (χ1v) is 8.68. The van der Waals surface area contributed by atoms with Crippen LogP contribution in [0.2, 0.25) is 0 Å². The molecule has 1 atom stereocenters. The Hall–Kier alpha value is -2.50. The minimum absolute atomic E-state index is 0.0122. The van der Waals surface area contributed by atoms with Crippen LogP contribution < -0.4 is 5.32 Å². The number of carbonyl (C=O) groups excluding carboxylic acids is 3. The lowest BCUT2D eigenvalue weighted by Gasteiger charge is -2.33. The van der Waals surface area contributed by atoms with Gasteiger partial charge < -0.3 is 15.6 Å². The second kappa shape index (κ2) is 7.17. The zero-order valence-electron chi connectivity index (χ0n) is 14.4. The number of piperidine rings is 1. The zero-order chi connectivity index (χ0) is 18.0. The number of carbonyl (C=O) groups is 3. The molecular formula is C19H23N3O3. The average molecular weight is 341 g/mol. The van der Waals surface area contributed by atoms with E-state index in [9.17, 15) is 14.4 Å². The molecule has 0 unspecified atom stereocenters. The van der Waals surface area contributed by atoms with E-state index in [1.165, 1.54) is 11.1 Å². The van der Waals surface area contributed by atoms with Crippen molar-refractivity contribution >= 4 is 23.3 Å². The van der Waals surface area contributed by atoms with Crippen molar-refractivity contribution in [1.29, 1.82) is 5.41 Å². The molecule has 2 N–H and O–H groups in total. The van der Waals surface area contributed by atoms with E-state index in [1.54, 1.807) is 4.90 Å². The molecule has 0 saturated carbocycles. The number of Topliss-reactive ketones (excluding diaryl/α,β-unsaturated/α-hetero) is 1. The fraction of sp³-hybridized carbons (Fsp3) is 0.474. The van der Waals surface area contributed by atoms with Crippen molar-refractivity contribution in [1.82, 2.24) is 10.2 Å². The third-order valence-corrected chi connectivity index (χ3v) is 5.13. The van der Waals surface area contributed by atoms with Crippen molar-refractivity contribution in [3.05, 3.63) is 35.4 Å². The first-order valence-electron chi connectivity index (χ1n) is 8.68. The Kier molecular flexibility index (Phi) is 4.97. The van der Waals surface area contributed by atoms with Crippen molar-refractivity contribution in [2.45, 2.75) is 44.6 Å². The molecule has 2 amide bonds. The standard InChI is InChI=1S/C19H23N3O3/c1-12-4-2-3-5-14(12)13-6-8-22(9-7-13)18(25)10-15(20)19-16(23)11-17(24)21-19/h2-5,13,19-20H,6-11H2,1H3,(H,21,24)/t19-/m1/s1. The topological polar surface area (TPSA) is 90.3 Å². The Morgan fingerprint density at radius 1 is 1.24 bits per heavy atom. The lowest BCUT2D eigenvalue weighted by Crippen LogP contribution is -2.43. The molecule has 3 rings (SSSR count). The van der Waals surface area contributed by atoms with Crippen LogP contribution in [-0.2, 0) is 14.4 Å². The van der Waals surface area contributed by atoms with Gasteiger partial charge in [-0.3, -0.25) is 14.4 Å². The van der Waals surface area contributed by atoms with Gasteiger partial charge in [-0.2, -0.15) is 0 Å². The highest BCUT2D eigenvalue weighted by atomic mass is 16.2. The average Bonchev–Trinajstić information content (AvgIpc) is 2.94. The van der Waals surface area contributed by atoms with Gasteiger partial charge in [-0.05, 0) is 36.8 Å². The molecule has 1 aromatic rings. The van der Waals surface area contributed by atoms with Crippen LogP contribution in [0.25, 0.3) is 0 Å². The summed E-state index contributed by atoms with van der Waals surface area (Å²) in [6, 6.07) is 7.43. The number of aryl methyl sites for hydroxylation is 1. The fourth-order valence-electron chi connectivity index (χ4n) is 3.70. The van der Waals surface area contributed by atoms with Crippen LogP contribution >= 0.6 is 0 Å². The molecule has 6 heteroatoms. The zero-order valence-corrected chi connectivity index (χ0v) is 14.4. The van der Waals surface area contributed by atoms with E-state index in [1.807, 2.05) is 12.1 Å². The molecule has 132 valence electrons. The van der Waals surface area contributed by atoms with E-state index in [2.05, 4.69) is 24.4 Å². The smallest absolute Gasteiger partial charge is 0.228 e. The van der Waals surface area contributed by atoms with E-state index < -0.39 is 6.04 Å². The van der Waals surface area contributed by atoms with Crippen LogP contribution in [0, 0.1) is 12.3 Å². The van der Waals surface area contributed by atoms with Crippen LogP contribution in [0.3, 0.4) is 0 Å². The lowest BCUT2D eigenvalue weighted by molar-refractivity contribution is -0.131. The summed E-state index contributed by atoms with van der Waals surface area (Å²) < 4.78 is 0. The number of nitrogens with zero attached hydrogens (tertiary/aromatic N) is 1. The Morgan fingerprint density at radius 2 is 1.92 bits per heavy atom. The normalized spacial score (nSPS) is 21.3. The van der Waals surface area contributed by atoms with Crippen molar-refractivity contribution in [2.24, 2.45) is 0 Å². The Morgan fingerprint density at radius 3 is 2.52 bits per heavy atom. The maximum absolute atomic E-state index is 12.4. The number of benzene rings is 1. The van der Waals surface area contributed by atoms with Gasteiger partial charge in [0.25, 0.3) is 0 Å². The molecule has 0 bridgehead atoms. The summed E-state index contributed by atoms with van der Waals surface area (Å²) in [4.78, 5) is 37.1. The highest BCUT2D eigenvalue weighted by molar-refractivity contribution is 6.21. The minimum atomic E-state index is -0.916. The first kappa shape index (κ1) is 17.3. The maximum atomic E-state index is 12.4. The molecule has 0 spiro atoms. The van der Waals surface area contributed by atoms with Crippen molar-refractivity contribution in [2.75, 3.05) is 13.1 Å². The first-order chi connectivity index (χ1) is 12.0. The summed E-state index contributed by atoms with van der Waals surface area (Å²) in [7, 11) is 0. The number of hydrogen-bond acceptors (Lipinski definition) is 4. The van der Waals surface area contributed by atoms with Crippen LogP contribution in [0.15, 0.2) is 24.3 Å². The molecule has 0 radical (unpaired) electrons. The number of rotatable bonds is 4. The van der Waals surface area contributed by atoms with Gasteiger partial charge >= 0.3 is 0 Å². The molecule has 2 heterocycles.